The largest absolute Gasteiger partial charge is 3.00 e. The Hall–Kier alpha value is 1.02. The SMILES string of the molecule is CCCCCCCC(=O)[O-].O.O.O.O.O.O.O.O.O.O.O.O.O=S(=O)([O-])[O-].[Al+3].[Na+].[Zn+2]. The Morgan fingerprint density at radius 1 is 0.667 bits per heavy atom. The molecule has 0 spiro atoms. The third-order valence-electron chi connectivity index (χ3n) is 1.48. The van der Waals surface area contributed by atoms with Gasteiger partial charge in [0.1, 0.15) is 0 Å². The molecule has 0 aromatic heterocycles. The molecule has 0 fully saturated rings. The van der Waals surface area contributed by atoms with Crippen molar-refractivity contribution in [3.05, 3.63) is 0 Å². The van der Waals surface area contributed by atoms with Crippen molar-refractivity contribution in [2.75, 3.05) is 0 Å². The zero-order chi connectivity index (χ0) is 12.3. The van der Waals surface area contributed by atoms with Gasteiger partial charge in [-0.1, -0.05) is 32.6 Å². The molecule has 0 saturated carbocycles. The van der Waals surface area contributed by atoms with E-state index in [4.69, 9.17) is 17.5 Å². The van der Waals surface area contributed by atoms with Crippen molar-refractivity contribution in [2.24, 2.45) is 0 Å². The fourth-order valence-corrected chi connectivity index (χ4v) is 0.873. The molecule has 22 heteroatoms. The van der Waals surface area contributed by atoms with Gasteiger partial charge >= 0.3 is 66.4 Å². The Bertz CT molecular complexity index is 267. The van der Waals surface area contributed by atoms with Crippen LogP contribution < -0.4 is 34.7 Å². The fraction of sp³-hybridized carbons (Fsp3) is 0.875. The number of hydrogen-bond donors (Lipinski definition) is 0. The van der Waals surface area contributed by atoms with Crippen molar-refractivity contribution in [3.63, 3.8) is 0 Å². The summed E-state index contributed by atoms with van der Waals surface area (Å²) in [6, 6.07) is 0. The van der Waals surface area contributed by atoms with Crippen LogP contribution in [0.4, 0.5) is 0 Å². The molecule has 0 radical (unpaired) electrons. The van der Waals surface area contributed by atoms with E-state index in [9.17, 15) is 9.90 Å². The van der Waals surface area contributed by atoms with Gasteiger partial charge in [0.25, 0.3) is 0 Å². The van der Waals surface area contributed by atoms with Crippen molar-refractivity contribution in [2.45, 2.75) is 45.4 Å². The van der Waals surface area contributed by atoms with Crippen molar-refractivity contribution in [3.8, 4) is 0 Å². The molecule has 24 N–H and O–H groups in total. The van der Waals surface area contributed by atoms with Crippen LogP contribution in [0.5, 0.6) is 0 Å². The number of carbonyl (C=O) groups excluding carboxylic acids is 1. The number of unbranched alkanes of at least 4 members (excludes halogenated alkanes) is 4. The first-order valence-corrected chi connectivity index (χ1v) is 5.97. The van der Waals surface area contributed by atoms with E-state index in [1.807, 2.05) is 0 Å². The summed E-state index contributed by atoms with van der Waals surface area (Å²) in [5.41, 5.74) is 0. The minimum Gasteiger partial charge on any atom is -0.759 e. The average molecular weight is 571 g/mol. The predicted molar refractivity (Wildman–Crippen MR) is 98.0 cm³/mol. The molecule has 0 saturated heterocycles. The van der Waals surface area contributed by atoms with Crippen LogP contribution in [-0.4, -0.2) is 107 Å². The Morgan fingerprint density at radius 3 is 1.03 bits per heavy atom. The number of carboxylic acid groups (broad SMARTS) is 1. The molecular weight excluding hydrogens is 531 g/mol. The van der Waals surface area contributed by atoms with Gasteiger partial charge in [0.15, 0.2) is 0 Å². The number of aliphatic carboxylic acids is 1. The van der Waals surface area contributed by atoms with Crippen LogP contribution in [-0.2, 0) is 34.7 Å². The zero-order valence-electron chi connectivity index (χ0n) is 16.9. The van der Waals surface area contributed by atoms with E-state index in [1.165, 1.54) is 12.8 Å². The maximum atomic E-state index is 9.92. The Labute approximate surface area is 220 Å². The fourth-order valence-electron chi connectivity index (χ4n) is 0.873. The molecule has 0 aliphatic carbocycles. The monoisotopic (exact) mass is 569 g/mol. The first kappa shape index (κ1) is 142. The van der Waals surface area contributed by atoms with E-state index in [1.54, 1.807) is 0 Å². The van der Waals surface area contributed by atoms with Crippen molar-refractivity contribution in [1.29, 1.82) is 0 Å². The Balaban J connectivity index is -0.00000000529. The summed E-state index contributed by atoms with van der Waals surface area (Å²) in [5, 5.41) is 9.92. The molecule has 0 aliphatic heterocycles. The predicted octanol–water partition coefficient (Wildman–Crippen LogP) is -13.5. The maximum absolute atomic E-state index is 9.92. The van der Waals surface area contributed by atoms with Crippen LogP contribution >= 0.6 is 0 Å². The second-order valence-electron chi connectivity index (χ2n) is 2.94. The van der Waals surface area contributed by atoms with Gasteiger partial charge in [-0.2, -0.15) is 0 Å². The summed E-state index contributed by atoms with van der Waals surface area (Å²) in [6.45, 7) is 2.14. The molecule has 0 rings (SSSR count). The summed E-state index contributed by atoms with van der Waals surface area (Å²) in [7, 11) is -5.17. The summed E-state index contributed by atoms with van der Waals surface area (Å²) in [5.74, 6) is -0.920. The van der Waals surface area contributed by atoms with Gasteiger partial charge in [-0.3, -0.25) is 8.42 Å². The standard InChI is InChI=1S/C8H16O2.Al.Na.H2O4S.12H2O.Zn/c1-2-3-4-5-6-7-8(9)10;;;1-5(2,3)4;;;;;;;;;;;;;/h2-7H2,1H3,(H,9,10);;;(H2,1,2,3,4);12*1H2;/q;+3;+1;;;;;;;;;;;;;;+2/p-3. The molecule has 0 unspecified atom stereocenters. The summed E-state index contributed by atoms with van der Waals surface area (Å²) in [4.78, 5) is 9.92. The molecule has 0 amide bonds. The minimum atomic E-state index is -5.17. The van der Waals surface area contributed by atoms with Crippen LogP contribution in [0.25, 0.3) is 0 Å². The molecule has 0 atom stereocenters. The summed E-state index contributed by atoms with van der Waals surface area (Å²) >= 11 is 0. The second kappa shape index (κ2) is 98.5. The normalized spacial score (nSPS) is 5.17. The van der Waals surface area contributed by atoms with Crippen LogP contribution in [0.3, 0.4) is 0 Å². The van der Waals surface area contributed by atoms with Crippen LogP contribution in [0.2, 0.25) is 0 Å². The topological polar surface area (TPSA) is 498 Å². The van der Waals surface area contributed by atoms with Crippen molar-refractivity contribution < 1.29 is 142 Å². The van der Waals surface area contributed by atoms with E-state index >= 15 is 0 Å². The molecule has 0 aliphatic rings. The van der Waals surface area contributed by atoms with Gasteiger partial charge < -0.3 is 84.7 Å². The van der Waals surface area contributed by atoms with Crippen LogP contribution in [0.15, 0.2) is 0 Å². The smallest absolute Gasteiger partial charge is 0.759 e. The number of carboxylic acids is 1. The summed E-state index contributed by atoms with van der Waals surface area (Å²) in [6.07, 6.45) is 5.61. The molecule has 0 aromatic carbocycles. The van der Waals surface area contributed by atoms with Gasteiger partial charge in [0, 0.05) is 16.4 Å². The molecule has 0 bridgehead atoms. The van der Waals surface area contributed by atoms with E-state index in [2.05, 4.69) is 6.92 Å². The van der Waals surface area contributed by atoms with Crippen molar-refractivity contribution >= 4 is 33.7 Å². The molecular formula is C8H39AlNaO18SZn+3. The van der Waals surface area contributed by atoms with Crippen LogP contribution in [0, 0.1) is 0 Å². The van der Waals surface area contributed by atoms with E-state index in [0.29, 0.717) is 0 Å². The van der Waals surface area contributed by atoms with E-state index < -0.39 is 16.4 Å². The summed E-state index contributed by atoms with van der Waals surface area (Å²) < 4.78 is 34.1. The average Bonchev–Trinajstić information content (AvgIpc) is 2.00. The third-order valence-corrected chi connectivity index (χ3v) is 1.48. The number of rotatable bonds is 6. The third kappa shape index (κ3) is 354. The van der Waals surface area contributed by atoms with E-state index in [0.717, 1.165) is 19.3 Å². The first-order valence-electron chi connectivity index (χ1n) is 4.64. The first-order chi connectivity index (χ1) is 6.77. The maximum Gasteiger partial charge on any atom is 3.00 e. The van der Waals surface area contributed by atoms with Gasteiger partial charge in [-0.05, 0) is 12.8 Å². The van der Waals surface area contributed by atoms with Gasteiger partial charge in [0.05, 0.1) is 0 Å². The van der Waals surface area contributed by atoms with Crippen LogP contribution in [0.1, 0.15) is 45.4 Å². The van der Waals surface area contributed by atoms with E-state index in [-0.39, 0.29) is 139 Å². The zero-order valence-corrected chi connectivity index (χ0v) is 23.8. The number of hydrogen-bond acceptors (Lipinski definition) is 6. The van der Waals surface area contributed by atoms with Crippen molar-refractivity contribution in [1.82, 2.24) is 0 Å². The van der Waals surface area contributed by atoms with Gasteiger partial charge in [-0.25, -0.2) is 0 Å². The van der Waals surface area contributed by atoms with Gasteiger partial charge in [0.2, 0.25) is 0 Å². The second-order valence-corrected chi connectivity index (χ2v) is 3.76. The Kier molecular flexibility index (Phi) is 467. The van der Waals surface area contributed by atoms with Gasteiger partial charge in [-0.15, -0.1) is 0 Å². The quantitative estimate of drug-likeness (QED) is 0.129. The Morgan fingerprint density at radius 2 is 0.867 bits per heavy atom. The molecule has 18 nitrogen and oxygen atoms in total. The molecule has 30 heavy (non-hydrogen) atoms. The minimum absolute atomic E-state index is 0. The molecule has 188 valence electrons. The number of carbonyl (C=O) groups is 1. The molecule has 0 aromatic rings. The molecule has 0 heterocycles.